The van der Waals surface area contributed by atoms with Crippen molar-refractivity contribution < 1.29 is 13.2 Å². The van der Waals surface area contributed by atoms with Crippen molar-refractivity contribution >= 4 is 38.9 Å². The van der Waals surface area contributed by atoms with Gasteiger partial charge in [-0.1, -0.05) is 41.9 Å². The van der Waals surface area contributed by atoms with Crippen molar-refractivity contribution in [2.45, 2.75) is 18.7 Å². The van der Waals surface area contributed by atoms with E-state index in [1.165, 1.54) is 36.0 Å². The van der Waals surface area contributed by atoms with Gasteiger partial charge < -0.3 is 5.32 Å². The number of nitrogens with one attached hydrogen (secondary N) is 1. The van der Waals surface area contributed by atoms with Crippen LogP contribution in [-0.4, -0.2) is 30.7 Å². The van der Waals surface area contributed by atoms with Crippen LogP contribution in [0.4, 0.5) is 11.4 Å². The number of sulfonamides is 1. The standard InChI is InChI=1S/C26H25ClN4O4S/c1-17-22(27)14-9-15-23(17)28-25(32)19-10-8-13-21(16-19)36(34,35)30(4)24-18(2)29(3)31(26(24)33)20-11-6-5-7-12-20/h5-16H,1-4H3,(H,28,32). The van der Waals surface area contributed by atoms with Crippen molar-refractivity contribution in [3.63, 3.8) is 0 Å². The molecule has 186 valence electrons. The second-order valence-electron chi connectivity index (χ2n) is 8.28. The number of aromatic nitrogens is 2. The number of hydrogen-bond donors (Lipinski definition) is 1. The minimum absolute atomic E-state index is 0.0192. The number of amides is 1. The SMILES string of the molecule is Cc1c(Cl)cccc1NC(=O)c1cccc(S(=O)(=O)N(C)c2c(C)n(C)n(-c3ccccc3)c2=O)c1. The van der Waals surface area contributed by atoms with E-state index in [2.05, 4.69) is 5.32 Å². The summed E-state index contributed by atoms with van der Waals surface area (Å²) in [5, 5.41) is 3.27. The van der Waals surface area contributed by atoms with Crippen molar-refractivity contribution in [2.24, 2.45) is 7.05 Å². The second kappa shape index (κ2) is 9.67. The Morgan fingerprint density at radius 2 is 1.64 bits per heavy atom. The minimum Gasteiger partial charge on any atom is -0.322 e. The first-order valence-corrected chi connectivity index (χ1v) is 12.9. The quantitative estimate of drug-likeness (QED) is 0.401. The molecule has 0 aliphatic heterocycles. The number of halogens is 1. The molecule has 0 aliphatic carbocycles. The van der Waals surface area contributed by atoms with Crippen LogP contribution < -0.4 is 15.2 Å². The van der Waals surface area contributed by atoms with Crippen molar-refractivity contribution in [1.29, 1.82) is 0 Å². The number of carbonyl (C=O) groups is 1. The van der Waals surface area contributed by atoms with Crippen LogP contribution in [0.3, 0.4) is 0 Å². The lowest BCUT2D eigenvalue weighted by Gasteiger charge is -2.18. The smallest absolute Gasteiger partial charge is 0.296 e. The molecule has 1 N–H and O–H groups in total. The molecule has 1 amide bonds. The first kappa shape index (κ1) is 25.3. The Bertz CT molecular complexity index is 1630. The molecule has 4 rings (SSSR count). The lowest BCUT2D eigenvalue weighted by atomic mass is 10.1. The van der Waals surface area contributed by atoms with Crippen molar-refractivity contribution in [1.82, 2.24) is 9.36 Å². The van der Waals surface area contributed by atoms with Gasteiger partial charge in [-0.25, -0.2) is 13.1 Å². The summed E-state index contributed by atoms with van der Waals surface area (Å²) in [6.45, 7) is 3.46. The van der Waals surface area contributed by atoms with Gasteiger partial charge in [-0.3, -0.25) is 18.6 Å². The third-order valence-corrected chi connectivity index (χ3v) is 8.27. The van der Waals surface area contributed by atoms with Gasteiger partial charge >= 0.3 is 0 Å². The number of hydrogen-bond acceptors (Lipinski definition) is 4. The third kappa shape index (κ3) is 4.43. The predicted octanol–water partition coefficient (Wildman–Crippen LogP) is 4.52. The molecule has 0 saturated carbocycles. The summed E-state index contributed by atoms with van der Waals surface area (Å²) in [6.07, 6.45) is 0. The highest BCUT2D eigenvalue weighted by Gasteiger charge is 2.29. The molecule has 10 heteroatoms. The molecule has 3 aromatic carbocycles. The normalized spacial score (nSPS) is 11.4. The monoisotopic (exact) mass is 524 g/mol. The number of nitrogens with zero attached hydrogens (tertiary/aromatic N) is 3. The Kier molecular flexibility index (Phi) is 6.79. The number of para-hydroxylation sites is 1. The van der Waals surface area contributed by atoms with Gasteiger partial charge in [0.25, 0.3) is 21.5 Å². The fraction of sp³-hybridized carbons (Fsp3) is 0.154. The molecule has 0 unspecified atom stereocenters. The summed E-state index contributed by atoms with van der Waals surface area (Å²) >= 11 is 6.13. The van der Waals surface area contributed by atoms with E-state index < -0.39 is 21.5 Å². The van der Waals surface area contributed by atoms with E-state index in [0.29, 0.717) is 27.7 Å². The van der Waals surface area contributed by atoms with Gasteiger partial charge in [0.1, 0.15) is 5.69 Å². The predicted molar refractivity (Wildman–Crippen MR) is 142 cm³/mol. The average molecular weight is 525 g/mol. The largest absolute Gasteiger partial charge is 0.322 e. The highest BCUT2D eigenvalue weighted by Crippen LogP contribution is 2.26. The van der Waals surface area contributed by atoms with Gasteiger partial charge in [0, 0.05) is 30.4 Å². The fourth-order valence-corrected chi connectivity index (χ4v) is 5.40. The molecule has 0 fully saturated rings. The number of rotatable bonds is 6. The first-order valence-electron chi connectivity index (χ1n) is 11.0. The first-order chi connectivity index (χ1) is 17.0. The van der Waals surface area contributed by atoms with Gasteiger partial charge in [-0.15, -0.1) is 0 Å². The number of carbonyl (C=O) groups excluding carboxylic acids is 1. The Morgan fingerprint density at radius 1 is 0.972 bits per heavy atom. The van der Waals surface area contributed by atoms with Crippen LogP contribution in [0, 0.1) is 13.8 Å². The van der Waals surface area contributed by atoms with E-state index in [0.717, 1.165) is 4.31 Å². The van der Waals surface area contributed by atoms with Crippen LogP contribution in [-0.2, 0) is 17.1 Å². The maximum atomic E-state index is 13.5. The van der Waals surface area contributed by atoms with Crippen LogP contribution >= 0.6 is 11.6 Å². The van der Waals surface area contributed by atoms with Gasteiger partial charge in [0.2, 0.25) is 0 Å². The molecule has 36 heavy (non-hydrogen) atoms. The highest BCUT2D eigenvalue weighted by atomic mass is 35.5. The van der Waals surface area contributed by atoms with Crippen molar-refractivity contribution in [2.75, 3.05) is 16.7 Å². The van der Waals surface area contributed by atoms with Crippen LogP contribution in [0.25, 0.3) is 5.69 Å². The Balaban J connectivity index is 1.70. The second-order valence-corrected chi connectivity index (χ2v) is 10.7. The van der Waals surface area contributed by atoms with Gasteiger partial charge in [-0.2, -0.15) is 0 Å². The van der Waals surface area contributed by atoms with Gasteiger partial charge in [0.15, 0.2) is 0 Å². The molecule has 1 aromatic heterocycles. The van der Waals surface area contributed by atoms with E-state index in [4.69, 9.17) is 11.6 Å². The van der Waals surface area contributed by atoms with E-state index in [9.17, 15) is 18.0 Å². The fourth-order valence-electron chi connectivity index (χ4n) is 3.93. The Labute approximate surface area is 214 Å². The molecule has 1 heterocycles. The van der Waals surface area contributed by atoms with Crippen LogP contribution in [0.2, 0.25) is 5.02 Å². The molecule has 0 saturated heterocycles. The lowest BCUT2D eigenvalue weighted by molar-refractivity contribution is 0.102. The zero-order valence-corrected chi connectivity index (χ0v) is 21.8. The summed E-state index contributed by atoms with van der Waals surface area (Å²) in [7, 11) is -1.14. The molecule has 0 aliphatic rings. The zero-order valence-electron chi connectivity index (χ0n) is 20.2. The zero-order chi connectivity index (χ0) is 26.2. The highest BCUT2D eigenvalue weighted by molar-refractivity contribution is 7.92. The molecule has 4 aromatic rings. The van der Waals surface area contributed by atoms with Gasteiger partial charge in [-0.05, 0) is 61.9 Å². The van der Waals surface area contributed by atoms with Crippen LogP contribution in [0.1, 0.15) is 21.6 Å². The van der Waals surface area contributed by atoms with E-state index >= 15 is 0 Å². The summed E-state index contributed by atoms with van der Waals surface area (Å²) in [4.78, 5) is 26.1. The van der Waals surface area contributed by atoms with E-state index in [-0.39, 0.29) is 16.1 Å². The van der Waals surface area contributed by atoms with E-state index in [1.807, 2.05) is 6.07 Å². The summed E-state index contributed by atoms with van der Waals surface area (Å²) in [5.74, 6) is -0.484. The molecule has 8 nitrogen and oxygen atoms in total. The molecule has 0 radical (unpaired) electrons. The lowest BCUT2D eigenvalue weighted by Crippen LogP contribution is -2.32. The summed E-state index contributed by atoms with van der Waals surface area (Å²) < 4.78 is 31.1. The maximum absolute atomic E-state index is 13.5. The Hall–Kier alpha value is -3.82. The molecule has 0 spiro atoms. The Morgan fingerprint density at radius 3 is 2.33 bits per heavy atom. The topological polar surface area (TPSA) is 93.4 Å². The van der Waals surface area contributed by atoms with Crippen molar-refractivity contribution in [3.05, 3.63) is 105 Å². The van der Waals surface area contributed by atoms with Crippen LogP contribution in [0.5, 0.6) is 0 Å². The van der Waals surface area contributed by atoms with Crippen molar-refractivity contribution in [3.8, 4) is 5.69 Å². The third-order valence-electron chi connectivity index (χ3n) is 6.11. The maximum Gasteiger partial charge on any atom is 0.296 e. The van der Waals surface area contributed by atoms with E-state index in [1.54, 1.807) is 68.0 Å². The van der Waals surface area contributed by atoms with Crippen LogP contribution in [0.15, 0.2) is 82.5 Å². The molecular weight excluding hydrogens is 500 g/mol. The summed E-state index contributed by atoms with van der Waals surface area (Å²) in [5.41, 5.74) is 2.00. The molecular formula is C26H25ClN4O4S. The van der Waals surface area contributed by atoms with Gasteiger partial charge in [0.05, 0.1) is 16.3 Å². The summed E-state index contributed by atoms with van der Waals surface area (Å²) in [6, 6.07) is 19.8. The number of anilines is 2. The minimum atomic E-state index is -4.16. The number of benzene rings is 3. The molecule has 0 bridgehead atoms. The molecule has 0 atom stereocenters. The average Bonchev–Trinajstić information content (AvgIpc) is 3.09.